The lowest BCUT2D eigenvalue weighted by atomic mass is 10.1. The van der Waals surface area contributed by atoms with Gasteiger partial charge in [-0.2, -0.15) is 10.2 Å². The third-order valence-electron chi connectivity index (χ3n) is 3.64. The van der Waals surface area contributed by atoms with Crippen LogP contribution < -0.4 is 10.2 Å². The van der Waals surface area contributed by atoms with E-state index in [1.807, 2.05) is 35.3 Å². The molecule has 6 heteroatoms. The summed E-state index contributed by atoms with van der Waals surface area (Å²) in [5, 5.41) is 16.0. The minimum absolute atomic E-state index is 0.515. The lowest BCUT2D eigenvalue weighted by molar-refractivity contribution is 0.406. The molecule has 0 bridgehead atoms. The third kappa shape index (κ3) is 3.33. The van der Waals surface area contributed by atoms with Gasteiger partial charge in [0.15, 0.2) is 5.82 Å². The van der Waals surface area contributed by atoms with Crippen LogP contribution >= 0.6 is 0 Å². The van der Waals surface area contributed by atoms with Crippen molar-refractivity contribution in [2.75, 3.05) is 24.5 Å². The highest BCUT2D eigenvalue weighted by atomic mass is 15.3. The van der Waals surface area contributed by atoms with Gasteiger partial charge in [0.1, 0.15) is 0 Å². The number of hydrogen-bond acceptors (Lipinski definition) is 5. The van der Waals surface area contributed by atoms with Crippen LogP contribution in [0.1, 0.15) is 12.8 Å². The minimum Gasteiger partial charge on any atom is -0.354 e. The van der Waals surface area contributed by atoms with Gasteiger partial charge in [-0.05, 0) is 31.0 Å². The second-order valence-electron chi connectivity index (χ2n) is 5.09. The molecule has 106 valence electrons. The van der Waals surface area contributed by atoms with Crippen molar-refractivity contribution in [2.24, 2.45) is 0 Å². The van der Waals surface area contributed by atoms with E-state index in [9.17, 15) is 0 Å². The third-order valence-corrected chi connectivity index (χ3v) is 3.64. The average molecular weight is 272 g/mol. The number of anilines is 1. The predicted molar refractivity (Wildman–Crippen MR) is 77.5 cm³/mol. The molecule has 3 rings (SSSR count). The normalized spacial score (nSPS) is 19.2. The van der Waals surface area contributed by atoms with Crippen LogP contribution in [0.15, 0.2) is 36.8 Å². The quantitative estimate of drug-likeness (QED) is 0.877. The smallest absolute Gasteiger partial charge is 0.151 e. The Labute approximate surface area is 118 Å². The largest absolute Gasteiger partial charge is 0.354 e. The molecule has 0 radical (unpaired) electrons. The average Bonchev–Trinajstić information content (AvgIpc) is 3.02. The highest BCUT2D eigenvalue weighted by Crippen LogP contribution is 2.16. The Bertz CT molecular complexity index is 498. The number of piperidine rings is 1. The van der Waals surface area contributed by atoms with Crippen LogP contribution in [0.2, 0.25) is 0 Å². The van der Waals surface area contributed by atoms with Gasteiger partial charge in [-0.15, -0.1) is 5.10 Å². The minimum atomic E-state index is 0.515. The number of rotatable bonds is 5. The summed E-state index contributed by atoms with van der Waals surface area (Å²) in [5.41, 5.74) is 0. The molecule has 20 heavy (non-hydrogen) atoms. The summed E-state index contributed by atoms with van der Waals surface area (Å²) in [6.45, 7) is 3.92. The van der Waals surface area contributed by atoms with Gasteiger partial charge in [0.25, 0.3) is 0 Å². The van der Waals surface area contributed by atoms with E-state index < -0.39 is 0 Å². The predicted octanol–water partition coefficient (Wildman–Crippen LogP) is 0.932. The summed E-state index contributed by atoms with van der Waals surface area (Å²) in [6.07, 6.45) is 7.93. The van der Waals surface area contributed by atoms with Crippen LogP contribution in [0.25, 0.3) is 0 Å². The summed E-state index contributed by atoms with van der Waals surface area (Å²) in [4.78, 5) is 2.31. The fourth-order valence-corrected chi connectivity index (χ4v) is 2.63. The Morgan fingerprint density at radius 2 is 2.30 bits per heavy atom. The second kappa shape index (κ2) is 6.47. The fourth-order valence-electron chi connectivity index (χ4n) is 2.63. The molecule has 0 spiro atoms. The van der Waals surface area contributed by atoms with Gasteiger partial charge in [-0.3, -0.25) is 4.68 Å². The van der Waals surface area contributed by atoms with Crippen LogP contribution in [0, 0.1) is 0 Å². The van der Waals surface area contributed by atoms with E-state index in [1.165, 1.54) is 12.8 Å². The fraction of sp³-hybridized carbons (Fsp3) is 0.500. The topological polar surface area (TPSA) is 58.9 Å². The van der Waals surface area contributed by atoms with Crippen LogP contribution in [-0.2, 0) is 6.54 Å². The zero-order valence-electron chi connectivity index (χ0n) is 11.5. The molecule has 1 unspecified atom stereocenters. The maximum Gasteiger partial charge on any atom is 0.151 e. The summed E-state index contributed by atoms with van der Waals surface area (Å²) in [6, 6.07) is 6.44. The molecule has 0 amide bonds. The molecular formula is C14H20N6. The summed E-state index contributed by atoms with van der Waals surface area (Å²) in [7, 11) is 0. The van der Waals surface area contributed by atoms with Gasteiger partial charge in [0.2, 0.25) is 0 Å². The molecule has 3 heterocycles. The Kier molecular flexibility index (Phi) is 4.22. The Hall–Kier alpha value is -1.95. The molecule has 0 aliphatic carbocycles. The van der Waals surface area contributed by atoms with Crippen LogP contribution in [-0.4, -0.2) is 45.7 Å². The first-order chi connectivity index (χ1) is 9.92. The maximum absolute atomic E-state index is 4.21. The van der Waals surface area contributed by atoms with E-state index in [0.29, 0.717) is 6.04 Å². The Balaban J connectivity index is 1.48. The molecule has 2 aromatic rings. The van der Waals surface area contributed by atoms with E-state index in [0.717, 1.165) is 32.0 Å². The molecule has 0 aromatic carbocycles. The van der Waals surface area contributed by atoms with Gasteiger partial charge in [0.05, 0.1) is 6.54 Å². The van der Waals surface area contributed by atoms with Gasteiger partial charge in [-0.1, -0.05) is 0 Å². The van der Waals surface area contributed by atoms with Gasteiger partial charge in [-0.25, -0.2) is 0 Å². The first kappa shape index (κ1) is 13.1. The standard InChI is InChI=1S/C14H20N6/c1-5-14(18-16-6-1)19-9-2-4-13(12-19)15-8-11-20-10-3-7-17-20/h1,3,5-7,10,13,15H,2,4,8-9,11-12H2. The molecule has 0 saturated carbocycles. The molecule has 1 fully saturated rings. The summed E-state index contributed by atoms with van der Waals surface area (Å²) >= 11 is 0. The zero-order chi connectivity index (χ0) is 13.6. The first-order valence-electron chi connectivity index (χ1n) is 7.15. The summed E-state index contributed by atoms with van der Waals surface area (Å²) < 4.78 is 1.95. The van der Waals surface area contributed by atoms with Crippen molar-refractivity contribution in [1.29, 1.82) is 0 Å². The molecular weight excluding hydrogens is 252 g/mol. The van der Waals surface area contributed by atoms with Crippen molar-refractivity contribution >= 4 is 5.82 Å². The van der Waals surface area contributed by atoms with E-state index in [1.54, 1.807) is 6.20 Å². The lowest BCUT2D eigenvalue weighted by Gasteiger charge is -2.33. The van der Waals surface area contributed by atoms with Crippen molar-refractivity contribution < 1.29 is 0 Å². The Morgan fingerprint density at radius 3 is 3.10 bits per heavy atom. The van der Waals surface area contributed by atoms with E-state index in [4.69, 9.17) is 0 Å². The molecule has 1 saturated heterocycles. The number of hydrogen-bond donors (Lipinski definition) is 1. The van der Waals surface area contributed by atoms with E-state index in [-0.39, 0.29) is 0 Å². The van der Waals surface area contributed by atoms with Crippen molar-refractivity contribution in [1.82, 2.24) is 25.3 Å². The highest BCUT2D eigenvalue weighted by Gasteiger charge is 2.20. The summed E-state index contributed by atoms with van der Waals surface area (Å²) in [5.74, 6) is 0.978. The van der Waals surface area contributed by atoms with Gasteiger partial charge >= 0.3 is 0 Å². The van der Waals surface area contributed by atoms with Crippen molar-refractivity contribution in [3.05, 3.63) is 36.8 Å². The van der Waals surface area contributed by atoms with Crippen molar-refractivity contribution in [3.63, 3.8) is 0 Å². The van der Waals surface area contributed by atoms with Crippen molar-refractivity contribution in [2.45, 2.75) is 25.4 Å². The second-order valence-corrected chi connectivity index (χ2v) is 5.09. The van der Waals surface area contributed by atoms with Gasteiger partial charge < -0.3 is 10.2 Å². The SMILES string of the molecule is c1cnnc(N2CCCC(NCCn3cccn3)C2)c1. The number of aromatic nitrogens is 4. The van der Waals surface area contributed by atoms with Gasteiger partial charge in [0, 0.05) is 44.3 Å². The Morgan fingerprint density at radius 1 is 1.30 bits per heavy atom. The zero-order valence-corrected chi connectivity index (χ0v) is 11.5. The first-order valence-corrected chi connectivity index (χ1v) is 7.15. The molecule has 1 atom stereocenters. The van der Waals surface area contributed by atoms with E-state index >= 15 is 0 Å². The number of nitrogens with zero attached hydrogens (tertiary/aromatic N) is 5. The molecule has 1 N–H and O–H groups in total. The molecule has 1 aliphatic rings. The highest BCUT2D eigenvalue weighted by molar-refractivity contribution is 5.37. The lowest BCUT2D eigenvalue weighted by Crippen LogP contribution is -2.46. The monoisotopic (exact) mass is 272 g/mol. The number of nitrogens with one attached hydrogen (secondary N) is 1. The molecule has 6 nitrogen and oxygen atoms in total. The van der Waals surface area contributed by atoms with Crippen molar-refractivity contribution in [3.8, 4) is 0 Å². The maximum atomic E-state index is 4.21. The molecule has 2 aromatic heterocycles. The molecule has 1 aliphatic heterocycles. The van der Waals surface area contributed by atoms with Crippen LogP contribution in [0.4, 0.5) is 5.82 Å². The van der Waals surface area contributed by atoms with E-state index in [2.05, 4.69) is 25.5 Å². The van der Waals surface area contributed by atoms with Crippen LogP contribution in [0.5, 0.6) is 0 Å². The van der Waals surface area contributed by atoms with Crippen LogP contribution in [0.3, 0.4) is 0 Å².